The lowest BCUT2D eigenvalue weighted by Gasteiger charge is -2.23. The molecule has 1 aliphatic rings. The van der Waals surface area contributed by atoms with E-state index in [0.717, 1.165) is 28.9 Å². The molecule has 1 unspecified atom stereocenters. The van der Waals surface area contributed by atoms with Crippen molar-refractivity contribution >= 4 is 15.9 Å². The van der Waals surface area contributed by atoms with E-state index in [9.17, 15) is 13.2 Å². The van der Waals surface area contributed by atoms with Gasteiger partial charge in [-0.05, 0) is 58.6 Å². The second-order valence-corrected chi connectivity index (χ2v) is 7.54. The van der Waals surface area contributed by atoms with Crippen LogP contribution in [0.4, 0.5) is 13.2 Å². The minimum Gasteiger partial charge on any atom is -0.496 e. The molecule has 4 nitrogen and oxygen atoms in total. The summed E-state index contributed by atoms with van der Waals surface area (Å²) in [5, 5.41) is 4.59. The minimum absolute atomic E-state index is 0.213. The second kappa shape index (κ2) is 7.24. The van der Waals surface area contributed by atoms with Crippen LogP contribution in [0.1, 0.15) is 35.7 Å². The highest BCUT2D eigenvalue weighted by molar-refractivity contribution is 9.10. The molecule has 2 aromatic carbocycles. The van der Waals surface area contributed by atoms with Crippen LogP contribution in [0.25, 0.3) is 11.4 Å². The first kappa shape index (κ1) is 19.0. The van der Waals surface area contributed by atoms with E-state index in [1.165, 1.54) is 12.1 Å². The van der Waals surface area contributed by atoms with Crippen molar-refractivity contribution in [1.82, 2.24) is 14.8 Å². The predicted octanol–water partition coefficient (Wildman–Crippen LogP) is 5.66. The Morgan fingerprint density at radius 2 is 2.00 bits per heavy atom. The Morgan fingerprint density at radius 1 is 1.18 bits per heavy atom. The summed E-state index contributed by atoms with van der Waals surface area (Å²) in [5.74, 6) is 1.69. The van der Waals surface area contributed by atoms with Gasteiger partial charge in [0, 0.05) is 18.0 Å². The fourth-order valence-corrected chi connectivity index (χ4v) is 3.93. The maximum absolute atomic E-state index is 13.1. The van der Waals surface area contributed by atoms with Gasteiger partial charge < -0.3 is 4.74 Å². The van der Waals surface area contributed by atoms with Crippen LogP contribution < -0.4 is 4.74 Å². The standard InChI is InChI=1S/C20H17BrF3N3O/c1-28-17-11-13(7-8-16(17)21)18-25-19-15(6-3-9-27(19)26-18)12-4-2-5-14(10-12)20(22,23)24/h2,4-5,7-8,10-11,15H,3,6,9H2,1H3. The van der Waals surface area contributed by atoms with Crippen LogP contribution in [0.3, 0.4) is 0 Å². The van der Waals surface area contributed by atoms with Gasteiger partial charge in [-0.2, -0.15) is 18.3 Å². The molecule has 0 radical (unpaired) electrons. The lowest BCUT2D eigenvalue weighted by molar-refractivity contribution is -0.137. The van der Waals surface area contributed by atoms with E-state index in [2.05, 4.69) is 26.0 Å². The van der Waals surface area contributed by atoms with E-state index in [0.29, 0.717) is 29.5 Å². The molecule has 0 aliphatic carbocycles. The average molecular weight is 452 g/mol. The minimum atomic E-state index is -4.36. The average Bonchev–Trinajstić information content (AvgIpc) is 3.12. The fourth-order valence-electron chi connectivity index (χ4n) is 3.52. The van der Waals surface area contributed by atoms with E-state index in [1.807, 2.05) is 18.2 Å². The molecule has 0 amide bonds. The van der Waals surface area contributed by atoms with Crippen molar-refractivity contribution in [3.8, 4) is 17.1 Å². The summed E-state index contributed by atoms with van der Waals surface area (Å²) in [6.07, 6.45) is -2.79. The molecular formula is C20H17BrF3N3O. The molecule has 1 aromatic heterocycles. The molecule has 0 fully saturated rings. The van der Waals surface area contributed by atoms with Gasteiger partial charge in [-0.25, -0.2) is 9.67 Å². The molecule has 1 aliphatic heterocycles. The van der Waals surface area contributed by atoms with Gasteiger partial charge >= 0.3 is 6.18 Å². The predicted molar refractivity (Wildman–Crippen MR) is 102 cm³/mol. The molecular weight excluding hydrogens is 435 g/mol. The lowest BCUT2D eigenvalue weighted by Crippen LogP contribution is -2.18. The zero-order valence-corrected chi connectivity index (χ0v) is 16.6. The van der Waals surface area contributed by atoms with E-state index >= 15 is 0 Å². The maximum atomic E-state index is 13.1. The lowest BCUT2D eigenvalue weighted by atomic mass is 9.90. The normalized spacial score (nSPS) is 16.7. The Morgan fingerprint density at radius 3 is 2.75 bits per heavy atom. The van der Waals surface area contributed by atoms with E-state index in [-0.39, 0.29) is 5.92 Å². The van der Waals surface area contributed by atoms with Crippen molar-refractivity contribution in [2.75, 3.05) is 7.11 Å². The number of aromatic nitrogens is 3. The van der Waals surface area contributed by atoms with Crippen LogP contribution in [0.2, 0.25) is 0 Å². The quantitative estimate of drug-likeness (QED) is 0.515. The van der Waals surface area contributed by atoms with Gasteiger partial charge in [0.2, 0.25) is 0 Å². The Hall–Kier alpha value is -2.35. The number of hydrogen-bond donors (Lipinski definition) is 0. The van der Waals surface area contributed by atoms with Crippen molar-refractivity contribution in [3.63, 3.8) is 0 Å². The van der Waals surface area contributed by atoms with Crippen LogP contribution in [0.15, 0.2) is 46.9 Å². The summed E-state index contributed by atoms with van der Waals surface area (Å²) in [7, 11) is 1.58. The van der Waals surface area contributed by atoms with Gasteiger partial charge in [-0.1, -0.05) is 18.2 Å². The van der Waals surface area contributed by atoms with Crippen molar-refractivity contribution in [2.45, 2.75) is 31.5 Å². The van der Waals surface area contributed by atoms with Crippen LogP contribution >= 0.6 is 15.9 Å². The Balaban J connectivity index is 1.73. The summed E-state index contributed by atoms with van der Waals surface area (Å²) in [4.78, 5) is 4.68. The van der Waals surface area contributed by atoms with Gasteiger partial charge in [0.1, 0.15) is 11.6 Å². The zero-order valence-electron chi connectivity index (χ0n) is 15.0. The molecule has 0 N–H and O–H groups in total. The Bertz CT molecular complexity index is 1020. The summed E-state index contributed by atoms with van der Waals surface area (Å²) < 4.78 is 47.3. The van der Waals surface area contributed by atoms with Crippen molar-refractivity contribution in [1.29, 1.82) is 0 Å². The summed E-state index contributed by atoms with van der Waals surface area (Å²) in [6, 6.07) is 11.1. The first-order chi connectivity index (χ1) is 13.4. The molecule has 0 saturated heterocycles. The molecule has 0 spiro atoms. The summed E-state index contributed by atoms with van der Waals surface area (Å²) in [6.45, 7) is 0.700. The SMILES string of the molecule is COc1cc(-c2nc3n(n2)CCCC3c2cccc(C(F)(F)F)c2)ccc1Br. The van der Waals surface area contributed by atoms with Crippen LogP contribution in [-0.2, 0) is 12.7 Å². The molecule has 1 atom stereocenters. The largest absolute Gasteiger partial charge is 0.496 e. The first-order valence-electron chi connectivity index (χ1n) is 8.82. The van der Waals surface area contributed by atoms with E-state index < -0.39 is 11.7 Å². The number of rotatable bonds is 3. The summed E-state index contributed by atoms with van der Waals surface area (Å²) in [5.41, 5.74) is 0.771. The number of hydrogen-bond acceptors (Lipinski definition) is 3. The third kappa shape index (κ3) is 3.53. The number of nitrogens with zero attached hydrogens (tertiary/aromatic N) is 3. The number of methoxy groups -OCH3 is 1. The van der Waals surface area contributed by atoms with Gasteiger partial charge in [0.15, 0.2) is 5.82 Å². The highest BCUT2D eigenvalue weighted by atomic mass is 79.9. The summed E-state index contributed by atoms with van der Waals surface area (Å²) >= 11 is 3.42. The molecule has 3 aromatic rings. The van der Waals surface area contributed by atoms with Crippen molar-refractivity contribution in [2.24, 2.45) is 0 Å². The number of benzene rings is 2. The van der Waals surface area contributed by atoms with Gasteiger partial charge in [0.05, 0.1) is 17.1 Å². The monoisotopic (exact) mass is 451 g/mol. The molecule has 2 heterocycles. The molecule has 0 saturated carbocycles. The van der Waals surface area contributed by atoms with Gasteiger partial charge in [-0.3, -0.25) is 0 Å². The van der Waals surface area contributed by atoms with E-state index in [1.54, 1.807) is 17.9 Å². The smallest absolute Gasteiger partial charge is 0.416 e. The number of fused-ring (bicyclic) bond motifs is 1. The van der Waals surface area contributed by atoms with Crippen LogP contribution in [0, 0.1) is 0 Å². The first-order valence-corrected chi connectivity index (χ1v) is 9.62. The number of ether oxygens (including phenoxy) is 1. The Kier molecular flexibility index (Phi) is 4.91. The molecule has 8 heteroatoms. The Labute approximate surface area is 168 Å². The molecule has 0 bridgehead atoms. The highest BCUT2D eigenvalue weighted by Crippen LogP contribution is 2.37. The van der Waals surface area contributed by atoms with Crippen molar-refractivity contribution in [3.05, 3.63) is 63.9 Å². The van der Waals surface area contributed by atoms with Crippen molar-refractivity contribution < 1.29 is 17.9 Å². The highest BCUT2D eigenvalue weighted by Gasteiger charge is 2.32. The van der Waals surface area contributed by atoms with Gasteiger partial charge in [-0.15, -0.1) is 0 Å². The topological polar surface area (TPSA) is 39.9 Å². The maximum Gasteiger partial charge on any atom is 0.416 e. The number of halogens is 4. The fraction of sp³-hybridized carbons (Fsp3) is 0.300. The zero-order chi connectivity index (χ0) is 19.9. The third-order valence-corrected chi connectivity index (χ3v) is 5.56. The third-order valence-electron chi connectivity index (χ3n) is 4.90. The number of aryl methyl sites for hydroxylation is 1. The van der Waals surface area contributed by atoms with Gasteiger partial charge in [0.25, 0.3) is 0 Å². The number of alkyl halides is 3. The van der Waals surface area contributed by atoms with E-state index in [4.69, 9.17) is 4.74 Å². The van der Waals surface area contributed by atoms with Crippen LogP contribution in [0.5, 0.6) is 5.75 Å². The second-order valence-electron chi connectivity index (χ2n) is 6.68. The van der Waals surface area contributed by atoms with Crippen LogP contribution in [-0.4, -0.2) is 21.9 Å². The molecule has 28 heavy (non-hydrogen) atoms. The molecule has 146 valence electrons. The molecule has 4 rings (SSSR count).